The molecule has 0 N–H and O–H groups in total. The lowest BCUT2D eigenvalue weighted by Crippen LogP contribution is -2.52. The Morgan fingerprint density at radius 3 is 2.13 bits per heavy atom. The number of ketones is 1. The first-order valence-corrected chi connectivity index (χ1v) is 10.9. The maximum atomic E-state index is 13.4. The summed E-state index contributed by atoms with van der Waals surface area (Å²) in [6.07, 6.45) is 2.91. The minimum absolute atomic E-state index is 0.0578. The van der Waals surface area contributed by atoms with Gasteiger partial charge in [0.05, 0.1) is 22.4 Å². The zero-order chi connectivity index (χ0) is 22.1. The van der Waals surface area contributed by atoms with E-state index in [1.54, 1.807) is 30.3 Å². The lowest BCUT2D eigenvalue weighted by molar-refractivity contribution is -0.154. The van der Waals surface area contributed by atoms with Gasteiger partial charge >= 0.3 is 0 Å². The number of carbonyl (C=O) groups excluding carboxylic acids is 4. The average Bonchev–Trinajstić information content (AvgIpc) is 3.02. The van der Waals surface area contributed by atoms with E-state index in [4.69, 9.17) is 23.2 Å². The number of rotatable bonds is 5. The van der Waals surface area contributed by atoms with Gasteiger partial charge in [-0.25, -0.2) is 5.01 Å². The number of nitrogens with zero attached hydrogens (tertiary/aromatic N) is 2. The van der Waals surface area contributed by atoms with Crippen molar-refractivity contribution < 1.29 is 19.2 Å². The van der Waals surface area contributed by atoms with Crippen molar-refractivity contribution in [1.29, 1.82) is 0 Å². The first-order valence-electron chi connectivity index (χ1n) is 10.1. The van der Waals surface area contributed by atoms with Gasteiger partial charge in [0.1, 0.15) is 6.54 Å². The minimum atomic E-state index is -0.703. The fourth-order valence-corrected chi connectivity index (χ4v) is 4.76. The van der Waals surface area contributed by atoms with E-state index in [1.807, 2.05) is 0 Å². The summed E-state index contributed by atoms with van der Waals surface area (Å²) in [5.74, 6) is -2.88. The van der Waals surface area contributed by atoms with Crippen LogP contribution in [0.15, 0.2) is 48.5 Å². The SMILES string of the molecule is O=C(CN(C(=O)c1ccc(Cl)cc1Cl)N1C(=O)[C@@H]2CCCC[C@H]2C1=O)c1ccccc1. The largest absolute Gasteiger partial charge is 0.292 e. The maximum absolute atomic E-state index is 13.4. The van der Waals surface area contributed by atoms with Crippen LogP contribution in [0.2, 0.25) is 10.0 Å². The molecule has 0 radical (unpaired) electrons. The predicted molar refractivity (Wildman–Crippen MR) is 116 cm³/mol. The summed E-state index contributed by atoms with van der Waals surface area (Å²) < 4.78 is 0. The summed E-state index contributed by atoms with van der Waals surface area (Å²) in [5, 5.41) is 2.22. The summed E-state index contributed by atoms with van der Waals surface area (Å²) in [6, 6.07) is 12.7. The Morgan fingerprint density at radius 2 is 1.55 bits per heavy atom. The number of benzene rings is 2. The fraction of sp³-hybridized carbons (Fsp3) is 0.304. The molecule has 1 heterocycles. The van der Waals surface area contributed by atoms with Crippen LogP contribution in [0.4, 0.5) is 0 Å². The van der Waals surface area contributed by atoms with Crippen molar-refractivity contribution in [1.82, 2.24) is 10.0 Å². The number of hydrogen-bond acceptors (Lipinski definition) is 4. The van der Waals surface area contributed by atoms with E-state index >= 15 is 0 Å². The highest BCUT2D eigenvalue weighted by molar-refractivity contribution is 6.36. The van der Waals surface area contributed by atoms with Gasteiger partial charge in [0.2, 0.25) is 0 Å². The average molecular weight is 459 g/mol. The number of hydrazine groups is 1. The molecule has 2 aromatic rings. The van der Waals surface area contributed by atoms with E-state index in [0.717, 1.165) is 22.9 Å². The molecule has 2 atom stereocenters. The number of amides is 3. The summed E-state index contributed by atoms with van der Waals surface area (Å²) >= 11 is 12.2. The van der Waals surface area contributed by atoms with Gasteiger partial charge in [-0.3, -0.25) is 19.2 Å². The molecule has 0 aromatic heterocycles. The smallest absolute Gasteiger partial charge is 0.274 e. The number of carbonyl (C=O) groups is 4. The van der Waals surface area contributed by atoms with Gasteiger partial charge in [-0.2, -0.15) is 5.01 Å². The van der Waals surface area contributed by atoms with E-state index in [1.165, 1.54) is 18.2 Å². The molecule has 1 saturated heterocycles. The number of fused-ring (bicyclic) bond motifs is 1. The van der Waals surface area contributed by atoms with E-state index < -0.39 is 41.9 Å². The van der Waals surface area contributed by atoms with Crippen LogP contribution in [0.1, 0.15) is 46.4 Å². The van der Waals surface area contributed by atoms with Crippen LogP contribution in [-0.4, -0.2) is 40.1 Å². The van der Waals surface area contributed by atoms with Crippen molar-refractivity contribution in [2.45, 2.75) is 25.7 Å². The first kappa shape index (κ1) is 21.5. The molecule has 1 aliphatic heterocycles. The third-order valence-corrected chi connectivity index (χ3v) is 6.39. The molecule has 3 amide bonds. The number of halogens is 2. The molecule has 4 rings (SSSR count). The highest BCUT2D eigenvalue weighted by Crippen LogP contribution is 2.39. The van der Waals surface area contributed by atoms with Crippen LogP contribution < -0.4 is 0 Å². The van der Waals surface area contributed by atoms with Gasteiger partial charge < -0.3 is 0 Å². The molecule has 0 spiro atoms. The Bertz CT molecular complexity index is 1030. The predicted octanol–water partition coefficient (Wildman–Crippen LogP) is 4.41. The minimum Gasteiger partial charge on any atom is -0.292 e. The molecule has 6 nitrogen and oxygen atoms in total. The van der Waals surface area contributed by atoms with Gasteiger partial charge in [-0.05, 0) is 31.0 Å². The van der Waals surface area contributed by atoms with E-state index in [9.17, 15) is 19.2 Å². The molecule has 1 saturated carbocycles. The Labute approximate surface area is 189 Å². The van der Waals surface area contributed by atoms with Gasteiger partial charge in [-0.1, -0.05) is 66.4 Å². The molecule has 1 aliphatic carbocycles. The van der Waals surface area contributed by atoms with Crippen molar-refractivity contribution in [3.8, 4) is 0 Å². The third kappa shape index (κ3) is 4.10. The highest BCUT2D eigenvalue weighted by atomic mass is 35.5. The number of Topliss-reactive ketones (excluding diaryl/α,β-unsaturated/α-hetero) is 1. The summed E-state index contributed by atoms with van der Waals surface area (Å²) in [5.41, 5.74) is 0.432. The van der Waals surface area contributed by atoms with Crippen molar-refractivity contribution in [2.24, 2.45) is 11.8 Å². The van der Waals surface area contributed by atoms with Crippen molar-refractivity contribution >= 4 is 46.7 Å². The molecular weight excluding hydrogens is 439 g/mol. The standard InChI is InChI=1S/C23H20Cl2N2O4/c24-15-10-11-18(19(25)12-15)21(29)26(13-20(28)14-6-2-1-3-7-14)27-22(30)16-8-4-5-9-17(16)23(27)31/h1-3,6-7,10-12,16-17H,4-5,8-9,13H2/t16-,17-/m1/s1. The Hall–Kier alpha value is -2.70. The van der Waals surface area contributed by atoms with Crippen molar-refractivity contribution in [3.05, 3.63) is 69.7 Å². The molecule has 2 fully saturated rings. The first-order chi connectivity index (χ1) is 14.9. The summed E-state index contributed by atoms with van der Waals surface area (Å²) in [7, 11) is 0. The second-order valence-electron chi connectivity index (χ2n) is 7.76. The Morgan fingerprint density at radius 1 is 0.935 bits per heavy atom. The molecule has 160 valence electrons. The molecule has 2 aliphatic rings. The fourth-order valence-electron chi connectivity index (χ4n) is 4.27. The quantitative estimate of drug-likeness (QED) is 0.491. The Balaban J connectivity index is 1.72. The zero-order valence-corrected chi connectivity index (χ0v) is 18.1. The monoisotopic (exact) mass is 458 g/mol. The number of imide groups is 1. The third-order valence-electron chi connectivity index (χ3n) is 5.84. The van der Waals surface area contributed by atoms with Crippen molar-refractivity contribution in [2.75, 3.05) is 6.54 Å². The van der Waals surface area contributed by atoms with E-state index in [2.05, 4.69) is 0 Å². The lowest BCUT2D eigenvalue weighted by atomic mass is 9.81. The van der Waals surface area contributed by atoms with Crippen LogP contribution in [0.3, 0.4) is 0 Å². The molecule has 2 aromatic carbocycles. The van der Waals surface area contributed by atoms with Gasteiger partial charge in [0, 0.05) is 10.6 Å². The van der Waals surface area contributed by atoms with Crippen LogP contribution in [0, 0.1) is 11.8 Å². The maximum Gasteiger partial charge on any atom is 0.274 e. The van der Waals surface area contributed by atoms with Crippen LogP contribution in [0.25, 0.3) is 0 Å². The normalized spacial score (nSPS) is 20.5. The molecule has 8 heteroatoms. The van der Waals surface area contributed by atoms with Crippen molar-refractivity contribution in [3.63, 3.8) is 0 Å². The van der Waals surface area contributed by atoms with E-state index in [0.29, 0.717) is 23.4 Å². The van der Waals surface area contributed by atoms with Gasteiger partial charge in [0.15, 0.2) is 5.78 Å². The van der Waals surface area contributed by atoms with Gasteiger partial charge in [0.25, 0.3) is 17.7 Å². The van der Waals surface area contributed by atoms with Crippen LogP contribution in [-0.2, 0) is 9.59 Å². The van der Waals surface area contributed by atoms with Gasteiger partial charge in [-0.15, -0.1) is 0 Å². The Kier molecular flexibility index (Phi) is 6.12. The molecule has 0 bridgehead atoms. The molecular formula is C23H20Cl2N2O4. The van der Waals surface area contributed by atoms with Crippen LogP contribution >= 0.6 is 23.2 Å². The summed E-state index contributed by atoms with van der Waals surface area (Å²) in [6.45, 7) is -0.460. The second kappa shape index (κ2) is 8.81. The summed E-state index contributed by atoms with van der Waals surface area (Å²) in [4.78, 5) is 52.6. The van der Waals surface area contributed by atoms with Crippen LogP contribution in [0.5, 0.6) is 0 Å². The lowest BCUT2D eigenvalue weighted by Gasteiger charge is -2.30. The highest BCUT2D eigenvalue weighted by Gasteiger charge is 2.51. The zero-order valence-electron chi connectivity index (χ0n) is 16.6. The van der Waals surface area contributed by atoms with E-state index in [-0.39, 0.29) is 10.6 Å². The number of hydrogen-bond donors (Lipinski definition) is 0. The topological polar surface area (TPSA) is 74.8 Å². The molecule has 0 unspecified atom stereocenters. The molecule has 31 heavy (non-hydrogen) atoms. The second-order valence-corrected chi connectivity index (χ2v) is 8.61.